The number of carbonyl (C=O) groups excluding carboxylic acids is 1. The molecule has 1 aromatic heterocycles. The zero-order valence-corrected chi connectivity index (χ0v) is 16.3. The summed E-state index contributed by atoms with van der Waals surface area (Å²) in [4.78, 5) is 12.4. The van der Waals surface area contributed by atoms with Gasteiger partial charge in [0.2, 0.25) is 0 Å². The number of nitrogens with zero attached hydrogens (tertiary/aromatic N) is 3. The van der Waals surface area contributed by atoms with Crippen molar-refractivity contribution in [1.82, 2.24) is 14.8 Å². The fourth-order valence-corrected chi connectivity index (χ4v) is 3.42. The van der Waals surface area contributed by atoms with Crippen LogP contribution in [0.3, 0.4) is 0 Å². The van der Waals surface area contributed by atoms with E-state index in [1.807, 2.05) is 24.3 Å². The smallest absolute Gasteiger partial charge is 0.265 e. The molecule has 1 aliphatic heterocycles. The van der Waals surface area contributed by atoms with E-state index in [9.17, 15) is 9.18 Å². The highest BCUT2D eigenvalue weighted by molar-refractivity contribution is 5.94. The molecule has 0 saturated heterocycles. The molecular weight excluding hydrogens is 371 g/mol. The van der Waals surface area contributed by atoms with Gasteiger partial charge in [0.25, 0.3) is 5.91 Å². The van der Waals surface area contributed by atoms with E-state index in [-0.39, 0.29) is 11.7 Å². The van der Waals surface area contributed by atoms with E-state index >= 15 is 0 Å². The lowest BCUT2D eigenvalue weighted by molar-refractivity contribution is -0.122. The van der Waals surface area contributed by atoms with Gasteiger partial charge in [-0.3, -0.25) is 4.79 Å². The zero-order valence-electron chi connectivity index (χ0n) is 16.3. The fourth-order valence-electron chi connectivity index (χ4n) is 3.42. The van der Waals surface area contributed by atoms with E-state index in [1.165, 1.54) is 30.7 Å². The summed E-state index contributed by atoms with van der Waals surface area (Å²) >= 11 is 0. The average molecular weight is 394 g/mol. The molecule has 1 aliphatic rings. The number of aromatic nitrogens is 3. The molecule has 29 heavy (non-hydrogen) atoms. The second-order valence-corrected chi connectivity index (χ2v) is 7.18. The summed E-state index contributed by atoms with van der Waals surface area (Å²) in [5.41, 5.74) is 1.64. The lowest BCUT2D eigenvalue weighted by Crippen LogP contribution is -2.30. The van der Waals surface area contributed by atoms with Crippen molar-refractivity contribution in [2.45, 2.75) is 45.3 Å². The molecular formula is C22H23FN4O2. The highest BCUT2D eigenvalue weighted by atomic mass is 19.1. The van der Waals surface area contributed by atoms with Gasteiger partial charge in [0.05, 0.1) is 0 Å². The maximum atomic E-state index is 13.0. The number of halogens is 1. The molecule has 2 aromatic carbocycles. The van der Waals surface area contributed by atoms with Crippen LogP contribution in [-0.2, 0) is 17.8 Å². The highest BCUT2D eigenvalue weighted by Crippen LogP contribution is 2.24. The Morgan fingerprint density at radius 2 is 1.83 bits per heavy atom. The molecule has 2 heterocycles. The van der Waals surface area contributed by atoms with Gasteiger partial charge in [-0.15, -0.1) is 10.2 Å². The van der Waals surface area contributed by atoms with Crippen molar-refractivity contribution in [1.29, 1.82) is 0 Å². The number of aryl methyl sites for hydroxylation is 1. The molecule has 0 bridgehead atoms. The maximum absolute atomic E-state index is 13.0. The number of benzene rings is 2. The number of hydrogen-bond donors (Lipinski definition) is 1. The van der Waals surface area contributed by atoms with Crippen molar-refractivity contribution in [3.8, 4) is 17.1 Å². The fraction of sp³-hybridized carbons (Fsp3) is 0.318. The first-order valence-corrected chi connectivity index (χ1v) is 9.86. The molecule has 3 aromatic rings. The van der Waals surface area contributed by atoms with Gasteiger partial charge in [-0.05, 0) is 68.3 Å². The molecule has 0 spiro atoms. The van der Waals surface area contributed by atoms with Gasteiger partial charge in [-0.1, -0.05) is 6.42 Å². The van der Waals surface area contributed by atoms with E-state index < -0.39 is 6.10 Å². The molecule has 1 atom stereocenters. The van der Waals surface area contributed by atoms with Crippen LogP contribution >= 0.6 is 0 Å². The predicted octanol–water partition coefficient (Wildman–Crippen LogP) is 4.22. The van der Waals surface area contributed by atoms with Crippen LogP contribution in [-0.4, -0.2) is 26.8 Å². The number of nitrogens with one attached hydrogen (secondary N) is 1. The van der Waals surface area contributed by atoms with Crippen molar-refractivity contribution in [2.75, 3.05) is 5.32 Å². The normalized spacial score (nSPS) is 14.6. The second kappa shape index (κ2) is 8.43. The van der Waals surface area contributed by atoms with Gasteiger partial charge in [-0.2, -0.15) is 0 Å². The van der Waals surface area contributed by atoms with Crippen LogP contribution in [0.5, 0.6) is 5.75 Å². The van der Waals surface area contributed by atoms with Crippen molar-refractivity contribution < 1.29 is 13.9 Å². The van der Waals surface area contributed by atoms with Crippen LogP contribution in [0.4, 0.5) is 10.1 Å². The Balaban J connectivity index is 1.41. The van der Waals surface area contributed by atoms with E-state index in [1.54, 1.807) is 6.92 Å². The number of carbonyl (C=O) groups is 1. The number of anilines is 1. The van der Waals surface area contributed by atoms with Crippen molar-refractivity contribution >= 4 is 11.6 Å². The zero-order chi connectivity index (χ0) is 20.2. The Bertz CT molecular complexity index is 983. The van der Waals surface area contributed by atoms with Gasteiger partial charge in [-0.25, -0.2) is 4.39 Å². The van der Waals surface area contributed by atoms with E-state index in [0.717, 1.165) is 43.0 Å². The van der Waals surface area contributed by atoms with Crippen LogP contribution < -0.4 is 10.1 Å². The van der Waals surface area contributed by atoms with Crippen molar-refractivity contribution in [3.63, 3.8) is 0 Å². The van der Waals surface area contributed by atoms with Crippen LogP contribution in [0.1, 0.15) is 32.0 Å². The summed E-state index contributed by atoms with van der Waals surface area (Å²) in [7, 11) is 0. The van der Waals surface area contributed by atoms with Crippen LogP contribution in [0, 0.1) is 5.82 Å². The summed E-state index contributed by atoms with van der Waals surface area (Å²) in [5, 5.41) is 11.5. The quantitative estimate of drug-likeness (QED) is 0.704. The number of ether oxygens (including phenoxy) is 1. The van der Waals surface area contributed by atoms with E-state index in [2.05, 4.69) is 20.1 Å². The topological polar surface area (TPSA) is 69.0 Å². The number of fused-ring (bicyclic) bond motifs is 1. The first-order valence-electron chi connectivity index (χ1n) is 9.86. The average Bonchev–Trinajstić information content (AvgIpc) is 2.98. The third kappa shape index (κ3) is 4.45. The van der Waals surface area contributed by atoms with Gasteiger partial charge in [0.15, 0.2) is 11.9 Å². The highest BCUT2D eigenvalue weighted by Gasteiger charge is 2.17. The lowest BCUT2D eigenvalue weighted by Gasteiger charge is -2.15. The van der Waals surface area contributed by atoms with Crippen LogP contribution in [0.25, 0.3) is 11.4 Å². The Kier molecular flexibility index (Phi) is 5.55. The monoisotopic (exact) mass is 394 g/mol. The number of amides is 1. The standard InChI is InChI=1S/C22H23FN4O2/c1-15(29-19-12-8-17(23)9-13-19)22(28)24-18-10-6-16(7-11-18)21-26-25-20-5-3-2-4-14-27(20)21/h6-13,15H,2-5,14H2,1H3,(H,24,28)/t15-/m1/s1. The molecule has 1 N–H and O–H groups in total. The Labute approximate surface area is 168 Å². The van der Waals surface area contributed by atoms with Gasteiger partial charge in [0, 0.05) is 24.2 Å². The molecule has 4 rings (SSSR count). The van der Waals surface area contributed by atoms with E-state index in [4.69, 9.17) is 4.74 Å². The summed E-state index contributed by atoms with van der Waals surface area (Å²) in [6.45, 7) is 2.59. The minimum atomic E-state index is -0.715. The van der Waals surface area contributed by atoms with Gasteiger partial charge >= 0.3 is 0 Å². The third-order valence-electron chi connectivity index (χ3n) is 5.02. The minimum Gasteiger partial charge on any atom is -0.481 e. The summed E-state index contributed by atoms with van der Waals surface area (Å²) in [6, 6.07) is 13.1. The van der Waals surface area contributed by atoms with Gasteiger partial charge in [0.1, 0.15) is 17.4 Å². The minimum absolute atomic E-state index is 0.279. The Morgan fingerprint density at radius 3 is 2.59 bits per heavy atom. The molecule has 7 heteroatoms. The van der Waals surface area contributed by atoms with E-state index in [0.29, 0.717) is 11.4 Å². The van der Waals surface area contributed by atoms with Crippen LogP contribution in [0.2, 0.25) is 0 Å². The second-order valence-electron chi connectivity index (χ2n) is 7.18. The molecule has 0 saturated carbocycles. The molecule has 0 radical (unpaired) electrons. The Hall–Kier alpha value is -3.22. The Morgan fingerprint density at radius 1 is 1.07 bits per heavy atom. The molecule has 0 unspecified atom stereocenters. The summed E-state index contributed by atoms with van der Waals surface area (Å²) in [6.07, 6.45) is 3.76. The van der Waals surface area contributed by atoms with Crippen molar-refractivity contribution in [2.24, 2.45) is 0 Å². The lowest BCUT2D eigenvalue weighted by atomic mass is 10.2. The number of rotatable bonds is 5. The number of hydrogen-bond acceptors (Lipinski definition) is 4. The molecule has 150 valence electrons. The first kappa shape index (κ1) is 19.1. The van der Waals surface area contributed by atoms with Crippen LogP contribution in [0.15, 0.2) is 48.5 Å². The molecule has 1 amide bonds. The summed E-state index contributed by atoms with van der Waals surface area (Å²) < 4.78 is 20.7. The maximum Gasteiger partial charge on any atom is 0.265 e. The predicted molar refractivity (Wildman–Crippen MR) is 108 cm³/mol. The van der Waals surface area contributed by atoms with Crippen molar-refractivity contribution in [3.05, 3.63) is 60.2 Å². The molecule has 6 nitrogen and oxygen atoms in total. The first-order chi connectivity index (χ1) is 14.1. The SMILES string of the molecule is C[C@@H](Oc1ccc(F)cc1)C(=O)Nc1ccc(-c2nnc3n2CCCCC3)cc1. The summed E-state index contributed by atoms with van der Waals surface area (Å²) in [5.74, 6) is 1.73. The largest absolute Gasteiger partial charge is 0.481 e. The third-order valence-corrected chi connectivity index (χ3v) is 5.02. The molecule has 0 aliphatic carbocycles. The van der Waals surface area contributed by atoms with Gasteiger partial charge < -0.3 is 14.6 Å². The molecule has 0 fully saturated rings.